The summed E-state index contributed by atoms with van der Waals surface area (Å²) < 4.78 is 4.70. The molecule has 4 rings (SSSR count). The molecule has 2 aromatic heterocycles. The average molecular weight is 310 g/mol. The number of amides is 1. The van der Waals surface area contributed by atoms with Crippen molar-refractivity contribution in [3.8, 4) is 0 Å². The van der Waals surface area contributed by atoms with E-state index >= 15 is 0 Å². The summed E-state index contributed by atoms with van der Waals surface area (Å²) in [4.78, 5) is 16.6. The third-order valence-electron chi connectivity index (χ3n) is 3.85. The molecule has 116 valence electrons. The third kappa shape index (κ3) is 2.65. The van der Waals surface area contributed by atoms with Crippen molar-refractivity contribution in [3.63, 3.8) is 0 Å². The van der Waals surface area contributed by atoms with Crippen molar-refractivity contribution in [1.29, 1.82) is 0 Å². The molecule has 8 nitrogen and oxygen atoms in total. The van der Waals surface area contributed by atoms with Crippen molar-refractivity contribution >= 4 is 22.6 Å². The van der Waals surface area contributed by atoms with Crippen molar-refractivity contribution < 1.29 is 9.42 Å². The van der Waals surface area contributed by atoms with Crippen molar-refractivity contribution in [2.45, 2.75) is 18.5 Å². The summed E-state index contributed by atoms with van der Waals surface area (Å²) in [5.74, 6) is -0.139. The van der Waals surface area contributed by atoms with Crippen LogP contribution in [0.5, 0.6) is 0 Å². The Morgan fingerprint density at radius 2 is 2.17 bits per heavy atom. The SMILES string of the molecule is O=C(Nc1cccc2nonc12)C1CC(c2cccnc2)NN1. The summed E-state index contributed by atoms with van der Waals surface area (Å²) in [6.45, 7) is 0. The molecule has 3 aromatic rings. The predicted molar refractivity (Wildman–Crippen MR) is 82.1 cm³/mol. The number of nitrogens with one attached hydrogen (secondary N) is 3. The van der Waals surface area contributed by atoms with Crippen LogP contribution in [0.25, 0.3) is 11.0 Å². The van der Waals surface area contributed by atoms with E-state index in [0.717, 1.165) is 5.56 Å². The fourth-order valence-corrected chi connectivity index (χ4v) is 2.66. The standard InChI is InChI=1S/C15H14N6O2/c22-15(17-10-4-1-5-11-14(10)21-23-20-11)13-7-12(18-19-13)9-3-2-6-16-8-9/h1-6,8,12-13,18-19H,7H2,(H,17,22). The van der Waals surface area contributed by atoms with Crippen LogP contribution >= 0.6 is 0 Å². The highest BCUT2D eigenvalue weighted by Gasteiger charge is 2.30. The van der Waals surface area contributed by atoms with Gasteiger partial charge in [-0.25, -0.2) is 15.5 Å². The van der Waals surface area contributed by atoms with Crippen LogP contribution in [-0.2, 0) is 4.79 Å². The fourth-order valence-electron chi connectivity index (χ4n) is 2.66. The molecule has 2 atom stereocenters. The van der Waals surface area contributed by atoms with E-state index in [1.165, 1.54) is 0 Å². The van der Waals surface area contributed by atoms with Crippen LogP contribution in [0.1, 0.15) is 18.0 Å². The zero-order chi connectivity index (χ0) is 15.6. The van der Waals surface area contributed by atoms with E-state index in [1.807, 2.05) is 12.1 Å². The van der Waals surface area contributed by atoms with E-state index in [1.54, 1.807) is 30.6 Å². The summed E-state index contributed by atoms with van der Waals surface area (Å²) >= 11 is 0. The molecule has 8 heteroatoms. The van der Waals surface area contributed by atoms with Gasteiger partial charge in [0.1, 0.15) is 11.6 Å². The van der Waals surface area contributed by atoms with Gasteiger partial charge in [-0.1, -0.05) is 12.1 Å². The molecule has 0 bridgehead atoms. The van der Waals surface area contributed by atoms with Gasteiger partial charge in [-0.15, -0.1) is 0 Å². The molecule has 23 heavy (non-hydrogen) atoms. The number of aromatic nitrogens is 3. The smallest absolute Gasteiger partial charge is 0.242 e. The van der Waals surface area contributed by atoms with Crippen molar-refractivity contribution in [2.75, 3.05) is 5.32 Å². The zero-order valence-corrected chi connectivity index (χ0v) is 12.1. The van der Waals surface area contributed by atoms with Gasteiger partial charge in [0.2, 0.25) is 5.91 Å². The lowest BCUT2D eigenvalue weighted by molar-refractivity contribution is -0.117. The molecule has 0 spiro atoms. The Balaban J connectivity index is 1.47. The molecule has 1 amide bonds. The van der Waals surface area contributed by atoms with E-state index in [0.29, 0.717) is 23.1 Å². The lowest BCUT2D eigenvalue weighted by Gasteiger charge is -2.10. The molecule has 3 N–H and O–H groups in total. The molecule has 1 saturated heterocycles. The minimum absolute atomic E-state index is 0.0453. The second-order valence-electron chi connectivity index (χ2n) is 5.34. The van der Waals surface area contributed by atoms with E-state index in [4.69, 9.17) is 4.63 Å². The summed E-state index contributed by atoms with van der Waals surface area (Å²) in [6, 6.07) is 8.89. The van der Waals surface area contributed by atoms with Crippen molar-refractivity contribution in [2.24, 2.45) is 0 Å². The monoisotopic (exact) mass is 310 g/mol. The van der Waals surface area contributed by atoms with Crippen molar-refractivity contribution in [3.05, 3.63) is 48.3 Å². The number of carbonyl (C=O) groups excluding carboxylic acids is 1. The van der Waals surface area contributed by atoms with E-state index in [2.05, 4.69) is 31.5 Å². The minimum atomic E-state index is -0.352. The summed E-state index contributed by atoms with van der Waals surface area (Å²) in [7, 11) is 0. The van der Waals surface area contributed by atoms with Crippen molar-refractivity contribution in [1.82, 2.24) is 26.1 Å². The lowest BCUT2D eigenvalue weighted by Crippen LogP contribution is -2.39. The van der Waals surface area contributed by atoms with Gasteiger partial charge in [0, 0.05) is 18.4 Å². The summed E-state index contributed by atoms with van der Waals surface area (Å²) in [6.07, 6.45) is 4.15. The number of anilines is 1. The zero-order valence-electron chi connectivity index (χ0n) is 12.1. The highest BCUT2D eigenvalue weighted by molar-refractivity contribution is 6.01. The van der Waals surface area contributed by atoms with Gasteiger partial charge in [-0.2, -0.15) is 0 Å². The molecule has 0 saturated carbocycles. The van der Waals surface area contributed by atoms with Crippen LogP contribution in [0, 0.1) is 0 Å². The number of hydrogen-bond donors (Lipinski definition) is 3. The highest BCUT2D eigenvalue weighted by atomic mass is 16.6. The first-order chi connectivity index (χ1) is 11.3. The Labute approximate surface area is 131 Å². The lowest BCUT2D eigenvalue weighted by atomic mass is 10.0. The first kappa shape index (κ1) is 13.8. The van der Waals surface area contributed by atoms with E-state index in [9.17, 15) is 4.79 Å². The minimum Gasteiger partial charge on any atom is -0.323 e. The topological polar surface area (TPSA) is 105 Å². The van der Waals surface area contributed by atoms with Gasteiger partial charge in [-0.05, 0) is 40.5 Å². The molecular weight excluding hydrogens is 296 g/mol. The molecule has 2 unspecified atom stereocenters. The van der Waals surface area contributed by atoms with Gasteiger partial charge in [0.05, 0.1) is 5.69 Å². The van der Waals surface area contributed by atoms with Gasteiger partial charge in [-0.3, -0.25) is 9.78 Å². The van der Waals surface area contributed by atoms with Crippen LogP contribution in [0.4, 0.5) is 5.69 Å². The first-order valence-electron chi connectivity index (χ1n) is 7.24. The largest absolute Gasteiger partial charge is 0.323 e. The Morgan fingerprint density at radius 1 is 1.22 bits per heavy atom. The maximum Gasteiger partial charge on any atom is 0.242 e. The van der Waals surface area contributed by atoms with Crippen LogP contribution < -0.4 is 16.2 Å². The summed E-state index contributed by atoms with van der Waals surface area (Å²) in [5, 5.41) is 10.4. The fraction of sp³-hybridized carbons (Fsp3) is 0.200. The second-order valence-corrected chi connectivity index (χ2v) is 5.34. The molecule has 0 aliphatic carbocycles. The molecular formula is C15H14N6O2. The van der Waals surface area contributed by atoms with Crippen LogP contribution in [0.3, 0.4) is 0 Å². The second kappa shape index (κ2) is 5.75. The number of hydrazine groups is 1. The number of pyridine rings is 1. The van der Waals surface area contributed by atoms with Gasteiger partial charge in [0.15, 0.2) is 5.52 Å². The molecule has 1 aromatic carbocycles. The quantitative estimate of drug-likeness (QED) is 0.666. The van der Waals surface area contributed by atoms with Gasteiger partial charge in [0.25, 0.3) is 0 Å². The molecule has 1 fully saturated rings. The molecule has 0 radical (unpaired) electrons. The maximum atomic E-state index is 12.4. The Kier molecular flexibility index (Phi) is 3.45. The summed E-state index contributed by atoms with van der Waals surface area (Å²) in [5.41, 5.74) is 8.91. The van der Waals surface area contributed by atoms with Crippen LogP contribution in [0.15, 0.2) is 47.4 Å². The first-order valence-corrected chi connectivity index (χ1v) is 7.24. The number of nitrogens with zero attached hydrogens (tertiary/aromatic N) is 3. The van der Waals surface area contributed by atoms with Crippen LogP contribution in [-0.4, -0.2) is 27.2 Å². The number of fused-ring (bicyclic) bond motifs is 1. The Bertz CT molecular complexity index is 834. The number of carbonyl (C=O) groups is 1. The Morgan fingerprint density at radius 3 is 3.04 bits per heavy atom. The van der Waals surface area contributed by atoms with E-state index in [-0.39, 0.29) is 18.0 Å². The maximum absolute atomic E-state index is 12.4. The van der Waals surface area contributed by atoms with Gasteiger partial charge >= 0.3 is 0 Å². The average Bonchev–Trinajstić information content (AvgIpc) is 3.25. The molecule has 1 aliphatic rings. The highest BCUT2D eigenvalue weighted by Crippen LogP contribution is 2.24. The van der Waals surface area contributed by atoms with E-state index < -0.39 is 0 Å². The molecule has 3 heterocycles. The number of benzene rings is 1. The Hall–Kier alpha value is -2.84. The van der Waals surface area contributed by atoms with Crippen LogP contribution in [0.2, 0.25) is 0 Å². The normalized spacial score (nSPS) is 20.7. The third-order valence-corrected chi connectivity index (χ3v) is 3.85. The predicted octanol–water partition coefficient (Wildman–Crippen LogP) is 1.16. The number of hydrogen-bond acceptors (Lipinski definition) is 7. The molecule has 1 aliphatic heterocycles. The number of rotatable bonds is 3. The van der Waals surface area contributed by atoms with Gasteiger partial charge < -0.3 is 5.32 Å².